The van der Waals surface area contributed by atoms with Crippen molar-refractivity contribution in [2.24, 2.45) is 0 Å². The molecule has 0 bridgehead atoms. The maximum Gasteiger partial charge on any atom is 0.185 e. The molecule has 1 fully saturated rings. The smallest absolute Gasteiger partial charge is 0.185 e. The predicted molar refractivity (Wildman–Crippen MR) is 106 cm³/mol. The molecule has 3 nitrogen and oxygen atoms in total. The van der Waals surface area contributed by atoms with Crippen molar-refractivity contribution in [3.8, 4) is 11.5 Å². The zero-order valence-electron chi connectivity index (χ0n) is 13.3. The second kappa shape index (κ2) is 7.58. The van der Waals surface area contributed by atoms with Crippen molar-refractivity contribution >= 4 is 49.8 Å². The van der Waals surface area contributed by atoms with Crippen LogP contribution in [0.3, 0.4) is 0 Å². The van der Waals surface area contributed by atoms with Gasteiger partial charge in [-0.25, -0.2) is 0 Å². The zero-order chi connectivity index (χ0) is 18.0. The van der Waals surface area contributed by atoms with E-state index in [0.717, 1.165) is 50.5 Å². The number of hydrogen-bond acceptors (Lipinski definition) is 3. The van der Waals surface area contributed by atoms with E-state index in [-0.39, 0.29) is 17.3 Å². The van der Waals surface area contributed by atoms with Crippen molar-refractivity contribution in [1.29, 1.82) is 0 Å². The van der Waals surface area contributed by atoms with Gasteiger partial charge in [-0.3, -0.25) is 4.79 Å². The Labute approximate surface area is 163 Å². The number of carbonyl (C=O) groups is 1. The van der Waals surface area contributed by atoms with Crippen LogP contribution in [-0.2, 0) is 4.79 Å². The minimum Gasteiger partial charge on any atom is -0.508 e. The number of rotatable bonds is 2. The number of phenols is 2. The van der Waals surface area contributed by atoms with Gasteiger partial charge in [0.25, 0.3) is 0 Å². The lowest BCUT2D eigenvalue weighted by molar-refractivity contribution is -0.112. The molecule has 0 spiro atoms. The van der Waals surface area contributed by atoms with Crippen molar-refractivity contribution in [2.45, 2.75) is 19.3 Å². The summed E-state index contributed by atoms with van der Waals surface area (Å²) in [6.45, 7) is 0. The van der Waals surface area contributed by atoms with E-state index in [1.54, 1.807) is 36.4 Å². The summed E-state index contributed by atoms with van der Waals surface area (Å²) in [4.78, 5) is 12.8. The maximum absolute atomic E-state index is 12.8. The zero-order valence-corrected chi connectivity index (χ0v) is 16.5. The fourth-order valence-electron chi connectivity index (χ4n) is 2.82. The van der Waals surface area contributed by atoms with Crippen LogP contribution in [0.1, 0.15) is 30.4 Å². The van der Waals surface area contributed by atoms with Crippen molar-refractivity contribution in [1.82, 2.24) is 0 Å². The van der Waals surface area contributed by atoms with Gasteiger partial charge in [-0.05, 0) is 66.8 Å². The number of ketones is 1. The molecule has 0 radical (unpaired) electrons. The summed E-state index contributed by atoms with van der Waals surface area (Å²) >= 11 is 6.84. The van der Waals surface area contributed by atoms with Gasteiger partial charge in [-0.1, -0.05) is 44.0 Å². The third-order valence-electron chi connectivity index (χ3n) is 4.10. The van der Waals surface area contributed by atoms with E-state index < -0.39 is 0 Å². The quantitative estimate of drug-likeness (QED) is 0.549. The molecule has 5 heteroatoms. The Morgan fingerprint density at radius 3 is 1.64 bits per heavy atom. The second-order valence-electron chi connectivity index (χ2n) is 5.93. The summed E-state index contributed by atoms with van der Waals surface area (Å²) in [6, 6.07) is 10.0. The molecular formula is C20H16Br2O3. The summed E-state index contributed by atoms with van der Waals surface area (Å²) in [7, 11) is 0. The molecule has 0 unspecified atom stereocenters. The molecule has 0 aliphatic heterocycles. The molecule has 128 valence electrons. The molecule has 0 aromatic heterocycles. The van der Waals surface area contributed by atoms with Crippen molar-refractivity contribution in [3.05, 3.63) is 67.6 Å². The van der Waals surface area contributed by atoms with Crippen LogP contribution in [0.5, 0.6) is 11.5 Å². The van der Waals surface area contributed by atoms with E-state index in [0.29, 0.717) is 0 Å². The first-order valence-corrected chi connectivity index (χ1v) is 9.45. The molecule has 0 atom stereocenters. The van der Waals surface area contributed by atoms with Crippen LogP contribution in [0.2, 0.25) is 0 Å². The summed E-state index contributed by atoms with van der Waals surface area (Å²) in [5.41, 5.74) is 3.26. The van der Waals surface area contributed by atoms with E-state index in [9.17, 15) is 15.0 Å². The first-order valence-electron chi connectivity index (χ1n) is 7.87. The Hall–Kier alpha value is -1.85. The van der Waals surface area contributed by atoms with E-state index in [1.807, 2.05) is 12.2 Å². The number of Topliss-reactive ketones (excluding diaryl/α,β-unsaturated/α-hetero) is 1. The van der Waals surface area contributed by atoms with Gasteiger partial charge >= 0.3 is 0 Å². The molecule has 3 rings (SSSR count). The van der Waals surface area contributed by atoms with Crippen LogP contribution >= 0.6 is 31.9 Å². The third kappa shape index (κ3) is 4.22. The Kier molecular flexibility index (Phi) is 5.45. The van der Waals surface area contributed by atoms with Crippen LogP contribution < -0.4 is 0 Å². The Morgan fingerprint density at radius 2 is 1.24 bits per heavy atom. The first kappa shape index (κ1) is 18.0. The number of hydrogen-bond donors (Lipinski definition) is 2. The highest BCUT2D eigenvalue weighted by Gasteiger charge is 2.21. The van der Waals surface area contributed by atoms with E-state index >= 15 is 0 Å². The lowest BCUT2D eigenvalue weighted by Gasteiger charge is -2.17. The van der Waals surface area contributed by atoms with E-state index in [2.05, 4.69) is 31.9 Å². The lowest BCUT2D eigenvalue weighted by atomic mass is 9.87. The summed E-state index contributed by atoms with van der Waals surface area (Å²) < 4.78 is 1.51. The van der Waals surface area contributed by atoms with Crippen molar-refractivity contribution in [3.63, 3.8) is 0 Å². The number of halogens is 2. The van der Waals surface area contributed by atoms with Gasteiger partial charge in [0.15, 0.2) is 5.78 Å². The van der Waals surface area contributed by atoms with Crippen LogP contribution in [0.25, 0.3) is 12.2 Å². The van der Waals surface area contributed by atoms with Crippen molar-refractivity contribution in [2.75, 3.05) is 0 Å². The largest absolute Gasteiger partial charge is 0.508 e. The number of allylic oxidation sites excluding steroid dienone is 2. The molecule has 2 aromatic carbocycles. The number of benzene rings is 2. The summed E-state index contributed by atoms with van der Waals surface area (Å²) in [5.74, 6) is 0.412. The molecule has 0 saturated heterocycles. The fourth-order valence-corrected chi connectivity index (χ4v) is 3.78. The van der Waals surface area contributed by atoms with Crippen LogP contribution in [-0.4, -0.2) is 16.0 Å². The van der Waals surface area contributed by atoms with Gasteiger partial charge in [0.05, 0.1) is 0 Å². The average molecular weight is 464 g/mol. The van der Waals surface area contributed by atoms with Crippen molar-refractivity contribution < 1.29 is 15.0 Å². The minimum absolute atomic E-state index is 0.0474. The lowest BCUT2D eigenvalue weighted by Crippen LogP contribution is -2.12. The standard InChI is InChI=1S/C20H16Br2O3/c21-18-10-16(23)6-4-12(18)8-14-2-1-3-15(20(14)25)9-13-5-7-17(24)11-19(13)22/h4-11,23-24H,1-3H2/b14-8+,15-9+. The van der Waals surface area contributed by atoms with Gasteiger partial charge < -0.3 is 10.2 Å². The third-order valence-corrected chi connectivity index (χ3v) is 5.48. The van der Waals surface area contributed by atoms with Gasteiger partial charge in [0.2, 0.25) is 0 Å². The van der Waals surface area contributed by atoms with Gasteiger partial charge in [-0.15, -0.1) is 0 Å². The van der Waals surface area contributed by atoms with Gasteiger partial charge in [0.1, 0.15) is 11.5 Å². The van der Waals surface area contributed by atoms with Gasteiger partial charge in [0, 0.05) is 20.1 Å². The Bertz CT molecular complexity index is 826. The maximum atomic E-state index is 12.8. The normalized spacial score (nSPS) is 18.1. The highest BCUT2D eigenvalue weighted by atomic mass is 79.9. The fraction of sp³-hybridized carbons (Fsp3) is 0.150. The molecule has 1 aliphatic rings. The highest BCUT2D eigenvalue weighted by Crippen LogP contribution is 2.32. The Balaban J connectivity index is 1.93. The molecule has 0 amide bonds. The number of carbonyl (C=O) groups excluding carboxylic acids is 1. The van der Waals surface area contributed by atoms with Gasteiger partial charge in [-0.2, -0.15) is 0 Å². The molecule has 2 aromatic rings. The SMILES string of the molecule is O=C1/C(=C/c2ccc(O)cc2Br)CCC/C1=C\c1ccc(O)cc1Br. The highest BCUT2D eigenvalue weighted by molar-refractivity contribution is 9.10. The molecule has 0 heterocycles. The molecule has 1 saturated carbocycles. The molecule has 1 aliphatic carbocycles. The van der Waals surface area contributed by atoms with E-state index in [1.165, 1.54) is 0 Å². The molecular weight excluding hydrogens is 448 g/mol. The molecule has 25 heavy (non-hydrogen) atoms. The summed E-state index contributed by atoms with van der Waals surface area (Å²) in [5, 5.41) is 19.0. The molecule has 2 N–H and O–H groups in total. The Morgan fingerprint density at radius 1 is 0.800 bits per heavy atom. The van der Waals surface area contributed by atoms with Crippen LogP contribution in [0, 0.1) is 0 Å². The topological polar surface area (TPSA) is 57.5 Å². The second-order valence-corrected chi connectivity index (χ2v) is 7.64. The number of aromatic hydroxyl groups is 2. The first-order chi connectivity index (χ1) is 11.9. The van der Waals surface area contributed by atoms with E-state index in [4.69, 9.17) is 0 Å². The van der Waals surface area contributed by atoms with Crippen LogP contribution in [0.15, 0.2) is 56.5 Å². The predicted octanol–water partition coefficient (Wildman–Crippen LogP) is 5.84. The summed E-state index contributed by atoms with van der Waals surface area (Å²) in [6.07, 6.45) is 6.14. The number of phenolic OH excluding ortho intramolecular Hbond substituents is 2. The monoisotopic (exact) mass is 462 g/mol. The minimum atomic E-state index is 0.0474. The van der Waals surface area contributed by atoms with Crippen LogP contribution in [0.4, 0.5) is 0 Å². The average Bonchev–Trinajstić information content (AvgIpc) is 2.56.